The van der Waals surface area contributed by atoms with E-state index in [-0.39, 0.29) is 37.3 Å². The molecule has 0 radical (unpaired) electrons. The molecule has 1 atom stereocenters. The van der Waals surface area contributed by atoms with Crippen LogP contribution in [0.25, 0.3) is 0 Å². The largest absolute Gasteiger partial charge is 0.395 e. The fourth-order valence-corrected chi connectivity index (χ4v) is 2.63. The number of imide groups is 1. The maximum atomic E-state index is 12.2. The molecule has 1 N–H and O–H groups in total. The van der Waals surface area contributed by atoms with E-state index in [4.69, 9.17) is 5.11 Å². The third kappa shape index (κ3) is 1.65. The van der Waals surface area contributed by atoms with Gasteiger partial charge < -0.3 is 14.8 Å². The third-order valence-corrected chi connectivity index (χ3v) is 3.73. The Labute approximate surface area is 100.0 Å². The van der Waals surface area contributed by atoms with Crippen molar-refractivity contribution in [3.8, 4) is 0 Å². The highest BCUT2D eigenvalue weighted by Gasteiger charge is 2.55. The van der Waals surface area contributed by atoms with Gasteiger partial charge in [-0.25, -0.2) is 0 Å². The summed E-state index contributed by atoms with van der Waals surface area (Å²) in [5, 5.41) is 8.85. The lowest BCUT2D eigenvalue weighted by Gasteiger charge is -2.35. The molecule has 2 aliphatic heterocycles. The van der Waals surface area contributed by atoms with Gasteiger partial charge in [-0.2, -0.15) is 0 Å². The Kier molecular flexibility index (Phi) is 2.95. The molecule has 0 aliphatic carbocycles. The number of piperidine rings is 1. The van der Waals surface area contributed by atoms with Crippen molar-refractivity contribution in [3.05, 3.63) is 0 Å². The summed E-state index contributed by atoms with van der Waals surface area (Å²) in [7, 11) is 1.42. The van der Waals surface area contributed by atoms with Crippen LogP contribution in [0, 0.1) is 5.41 Å². The van der Waals surface area contributed by atoms with Gasteiger partial charge in [-0.15, -0.1) is 0 Å². The van der Waals surface area contributed by atoms with Gasteiger partial charge in [0.15, 0.2) is 0 Å². The van der Waals surface area contributed by atoms with Crippen LogP contribution >= 0.6 is 0 Å². The SMILES string of the molecule is BN1C(=O)CCC2(CCN(CCO)C2=O)C1=O. The van der Waals surface area contributed by atoms with E-state index in [9.17, 15) is 14.4 Å². The molecule has 92 valence electrons. The minimum Gasteiger partial charge on any atom is -0.395 e. The number of hydrogen-bond donors (Lipinski definition) is 1. The highest BCUT2D eigenvalue weighted by atomic mass is 16.3. The number of carbonyl (C=O) groups excluding carboxylic acids is 3. The van der Waals surface area contributed by atoms with Gasteiger partial charge in [0.05, 0.1) is 6.61 Å². The number of aliphatic hydroxyl groups is 1. The minimum atomic E-state index is -1.04. The van der Waals surface area contributed by atoms with E-state index in [2.05, 4.69) is 0 Å². The first-order chi connectivity index (χ1) is 8.03. The number of β-amino-alcohol motifs (C(OH)–C–C–N with tert-alkyl or cyclic N) is 1. The van der Waals surface area contributed by atoms with E-state index in [1.165, 1.54) is 12.9 Å². The molecule has 3 amide bonds. The zero-order chi connectivity index (χ0) is 12.6. The van der Waals surface area contributed by atoms with Gasteiger partial charge in [-0.1, -0.05) is 0 Å². The lowest BCUT2D eigenvalue weighted by Crippen LogP contribution is -2.54. The maximum Gasteiger partial charge on any atom is 0.238 e. The lowest BCUT2D eigenvalue weighted by atomic mass is 9.76. The van der Waals surface area contributed by atoms with Crippen molar-refractivity contribution in [1.29, 1.82) is 0 Å². The fourth-order valence-electron chi connectivity index (χ4n) is 2.63. The summed E-state index contributed by atoms with van der Waals surface area (Å²) in [5.74, 6) is -0.857. The molecule has 17 heavy (non-hydrogen) atoms. The molecule has 2 heterocycles. The van der Waals surface area contributed by atoms with Crippen LogP contribution in [0.1, 0.15) is 19.3 Å². The number of hydrogen-bond acceptors (Lipinski definition) is 4. The van der Waals surface area contributed by atoms with Crippen LogP contribution in [0.5, 0.6) is 0 Å². The standard InChI is InChI=1S/C10H15BN2O4/c11-13-7(15)1-2-10(9(13)17)3-4-12(5-6-14)8(10)16/h14H,1-6,11H2. The Morgan fingerprint density at radius 1 is 1.24 bits per heavy atom. The summed E-state index contributed by atoms with van der Waals surface area (Å²) < 4.78 is 0. The zero-order valence-corrected chi connectivity index (χ0v) is 9.81. The number of nitrogens with zero attached hydrogens (tertiary/aromatic N) is 2. The number of amides is 3. The predicted octanol–water partition coefficient (Wildman–Crippen LogP) is -2.11. The second kappa shape index (κ2) is 4.14. The highest BCUT2D eigenvalue weighted by Crippen LogP contribution is 2.40. The average molecular weight is 238 g/mol. The van der Waals surface area contributed by atoms with E-state index in [0.29, 0.717) is 19.4 Å². The Morgan fingerprint density at radius 3 is 2.59 bits per heavy atom. The van der Waals surface area contributed by atoms with Crippen molar-refractivity contribution in [2.75, 3.05) is 19.7 Å². The summed E-state index contributed by atoms with van der Waals surface area (Å²) in [6, 6.07) is 0. The molecular weight excluding hydrogens is 223 g/mol. The number of aliphatic hydroxyl groups excluding tert-OH is 1. The van der Waals surface area contributed by atoms with Gasteiger partial charge in [0.25, 0.3) is 0 Å². The highest BCUT2D eigenvalue weighted by molar-refractivity contribution is 6.29. The molecule has 0 aromatic rings. The summed E-state index contributed by atoms with van der Waals surface area (Å²) in [6.45, 7) is 0.628. The summed E-state index contributed by atoms with van der Waals surface area (Å²) in [4.78, 5) is 38.3. The lowest BCUT2D eigenvalue weighted by molar-refractivity contribution is -0.156. The van der Waals surface area contributed by atoms with E-state index < -0.39 is 5.41 Å². The molecule has 2 fully saturated rings. The van der Waals surface area contributed by atoms with Crippen molar-refractivity contribution < 1.29 is 19.5 Å². The van der Waals surface area contributed by atoms with Crippen LogP contribution in [-0.2, 0) is 14.4 Å². The topological polar surface area (TPSA) is 77.9 Å². The van der Waals surface area contributed by atoms with E-state index in [1.807, 2.05) is 0 Å². The average Bonchev–Trinajstić information content (AvgIpc) is 2.62. The van der Waals surface area contributed by atoms with Crippen LogP contribution < -0.4 is 0 Å². The molecular formula is C10H15BN2O4. The Morgan fingerprint density at radius 2 is 1.94 bits per heavy atom. The first kappa shape index (κ1) is 12.1. The van der Waals surface area contributed by atoms with Gasteiger partial charge in [-0.05, 0) is 12.8 Å². The number of likely N-dealkylation sites (tertiary alicyclic amines) is 1. The molecule has 2 aliphatic rings. The molecule has 1 unspecified atom stereocenters. The van der Waals surface area contributed by atoms with Crippen LogP contribution in [0.4, 0.5) is 0 Å². The normalized spacial score (nSPS) is 29.6. The molecule has 2 rings (SSSR count). The third-order valence-electron chi connectivity index (χ3n) is 3.73. The quantitative estimate of drug-likeness (QED) is 0.339. The number of carbonyl (C=O) groups is 3. The summed E-state index contributed by atoms with van der Waals surface area (Å²) in [5.41, 5.74) is -1.04. The zero-order valence-electron chi connectivity index (χ0n) is 9.81. The maximum absolute atomic E-state index is 12.2. The van der Waals surface area contributed by atoms with Crippen molar-refractivity contribution in [2.45, 2.75) is 19.3 Å². The van der Waals surface area contributed by atoms with E-state index in [1.54, 1.807) is 0 Å². The Balaban J connectivity index is 2.23. The minimum absolute atomic E-state index is 0.106. The van der Waals surface area contributed by atoms with Crippen molar-refractivity contribution in [3.63, 3.8) is 0 Å². The van der Waals surface area contributed by atoms with Gasteiger partial charge in [0, 0.05) is 19.5 Å². The Bertz CT molecular complexity index is 387. The monoisotopic (exact) mass is 238 g/mol. The molecule has 0 aromatic carbocycles. The molecule has 7 heteroatoms. The van der Waals surface area contributed by atoms with Crippen molar-refractivity contribution in [1.82, 2.24) is 9.71 Å². The molecule has 0 saturated carbocycles. The second-order valence-electron chi connectivity index (χ2n) is 4.61. The first-order valence-corrected chi connectivity index (χ1v) is 5.74. The van der Waals surface area contributed by atoms with Crippen LogP contribution in [-0.4, -0.2) is 60.2 Å². The van der Waals surface area contributed by atoms with Gasteiger partial charge in [-0.3, -0.25) is 14.4 Å². The van der Waals surface area contributed by atoms with Gasteiger partial charge in [0.1, 0.15) is 5.41 Å². The van der Waals surface area contributed by atoms with Gasteiger partial charge >= 0.3 is 0 Å². The molecule has 6 nitrogen and oxygen atoms in total. The second-order valence-corrected chi connectivity index (χ2v) is 4.61. The van der Waals surface area contributed by atoms with Crippen LogP contribution in [0.15, 0.2) is 0 Å². The van der Waals surface area contributed by atoms with Crippen molar-refractivity contribution in [2.24, 2.45) is 5.41 Å². The Hall–Kier alpha value is -1.37. The molecule has 0 aromatic heterocycles. The first-order valence-electron chi connectivity index (χ1n) is 5.74. The molecule has 1 spiro atoms. The predicted molar refractivity (Wildman–Crippen MR) is 60.3 cm³/mol. The van der Waals surface area contributed by atoms with Gasteiger partial charge in [0.2, 0.25) is 25.7 Å². The fraction of sp³-hybridized carbons (Fsp3) is 0.700. The number of rotatable bonds is 2. The smallest absolute Gasteiger partial charge is 0.238 e. The van der Waals surface area contributed by atoms with E-state index >= 15 is 0 Å². The van der Waals surface area contributed by atoms with Crippen molar-refractivity contribution >= 4 is 25.7 Å². The summed E-state index contributed by atoms with van der Waals surface area (Å²) >= 11 is 0. The molecule has 2 saturated heterocycles. The summed E-state index contributed by atoms with van der Waals surface area (Å²) in [6.07, 6.45) is 0.985. The van der Waals surface area contributed by atoms with E-state index in [0.717, 1.165) is 4.81 Å². The van der Waals surface area contributed by atoms with Crippen LogP contribution in [0.2, 0.25) is 0 Å². The van der Waals surface area contributed by atoms with Crippen LogP contribution in [0.3, 0.4) is 0 Å². The molecule has 0 bridgehead atoms.